The number of fused-ring (bicyclic) bond motifs is 1. The maximum absolute atomic E-state index is 13.1. The summed E-state index contributed by atoms with van der Waals surface area (Å²) in [6.45, 7) is 1.64. The van der Waals surface area contributed by atoms with E-state index in [-0.39, 0.29) is 29.7 Å². The molecule has 4 aromatic rings. The Hall–Kier alpha value is -4.79. The number of aromatic hydroxyl groups is 1. The number of rotatable bonds is 5. The molecule has 0 aliphatic carbocycles. The van der Waals surface area contributed by atoms with Gasteiger partial charge < -0.3 is 15.0 Å². The molecule has 3 aromatic carbocycles. The summed E-state index contributed by atoms with van der Waals surface area (Å²) in [5, 5.41) is 21.3. The molecule has 0 atom stereocenters. The van der Waals surface area contributed by atoms with E-state index < -0.39 is 5.91 Å². The second kappa shape index (κ2) is 8.53. The number of amides is 3. The van der Waals surface area contributed by atoms with Crippen molar-refractivity contribution in [2.45, 2.75) is 13.5 Å². The summed E-state index contributed by atoms with van der Waals surface area (Å²) in [6, 6.07) is 16.9. The zero-order valence-electron chi connectivity index (χ0n) is 19.0. The number of nitrogens with one attached hydrogen (secondary N) is 1. The van der Waals surface area contributed by atoms with Crippen molar-refractivity contribution in [2.24, 2.45) is 7.05 Å². The van der Waals surface area contributed by atoms with Crippen molar-refractivity contribution in [3.63, 3.8) is 0 Å². The van der Waals surface area contributed by atoms with E-state index in [9.17, 15) is 19.5 Å². The average molecular weight is 467 g/mol. The normalized spacial score (nSPS) is 12.7. The van der Waals surface area contributed by atoms with Gasteiger partial charge >= 0.3 is 0 Å². The van der Waals surface area contributed by atoms with Crippen LogP contribution in [0.4, 0.5) is 5.69 Å². The highest BCUT2D eigenvalue weighted by atomic mass is 16.3. The first-order valence-electron chi connectivity index (χ1n) is 10.9. The number of benzene rings is 3. The molecule has 35 heavy (non-hydrogen) atoms. The minimum absolute atomic E-state index is 0.0185. The molecular weight excluding hydrogens is 446 g/mol. The number of carbonyl (C=O) groups is 3. The summed E-state index contributed by atoms with van der Waals surface area (Å²) in [7, 11) is 1.82. The largest absolute Gasteiger partial charge is 0.507 e. The predicted octanol–water partition coefficient (Wildman–Crippen LogP) is 3.54. The third-order valence-electron chi connectivity index (χ3n) is 5.91. The van der Waals surface area contributed by atoms with Gasteiger partial charge in [-0.05, 0) is 48.4 Å². The zero-order valence-corrected chi connectivity index (χ0v) is 19.0. The second-order valence-electron chi connectivity index (χ2n) is 8.35. The number of phenols is 1. The number of hydrogen-bond donors (Lipinski definition) is 2. The molecule has 0 spiro atoms. The van der Waals surface area contributed by atoms with Crippen LogP contribution < -0.4 is 5.32 Å². The maximum atomic E-state index is 13.1. The smallest absolute Gasteiger partial charge is 0.261 e. The average Bonchev–Trinajstić information content (AvgIpc) is 3.38. The summed E-state index contributed by atoms with van der Waals surface area (Å²) in [5.41, 5.74) is 3.04. The lowest BCUT2D eigenvalue weighted by molar-refractivity contribution is 0.0642. The molecule has 0 unspecified atom stereocenters. The molecular formula is C26H21N5O4. The number of nitrogens with zero attached hydrogens (tertiary/aromatic N) is 4. The fraction of sp³-hybridized carbons (Fsp3) is 0.115. The molecule has 1 aliphatic heterocycles. The van der Waals surface area contributed by atoms with Crippen LogP contribution in [-0.2, 0) is 13.6 Å². The lowest BCUT2D eigenvalue weighted by Gasteiger charge is -2.16. The van der Waals surface area contributed by atoms with E-state index in [0.717, 1.165) is 10.5 Å². The molecule has 1 aromatic heterocycles. The van der Waals surface area contributed by atoms with Gasteiger partial charge in [-0.25, -0.2) is 0 Å². The molecule has 0 saturated carbocycles. The van der Waals surface area contributed by atoms with Crippen molar-refractivity contribution >= 4 is 23.4 Å². The summed E-state index contributed by atoms with van der Waals surface area (Å²) in [5.74, 6) is -0.823. The minimum atomic E-state index is -0.523. The zero-order chi connectivity index (χ0) is 24.7. The van der Waals surface area contributed by atoms with Crippen LogP contribution in [0.15, 0.2) is 67.0 Å². The van der Waals surface area contributed by atoms with Crippen molar-refractivity contribution in [3.8, 4) is 17.1 Å². The maximum Gasteiger partial charge on any atom is 0.261 e. The van der Waals surface area contributed by atoms with Gasteiger partial charge in [-0.3, -0.25) is 19.3 Å². The Balaban J connectivity index is 1.40. The van der Waals surface area contributed by atoms with E-state index in [2.05, 4.69) is 15.5 Å². The van der Waals surface area contributed by atoms with E-state index >= 15 is 0 Å². The third-order valence-corrected chi connectivity index (χ3v) is 5.91. The third kappa shape index (κ3) is 3.93. The predicted molar refractivity (Wildman–Crippen MR) is 128 cm³/mol. The second-order valence-corrected chi connectivity index (χ2v) is 8.35. The van der Waals surface area contributed by atoms with Crippen LogP contribution in [0.2, 0.25) is 0 Å². The lowest BCUT2D eigenvalue weighted by atomic mass is 10.0. The van der Waals surface area contributed by atoms with Crippen molar-refractivity contribution in [3.05, 3.63) is 94.8 Å². The molecule has 5 rings (SSSR count). The molecule has 3 amide bonds. The van der Waals surface area contributed by atoms with Gasteiger partial charge in [-0.1, -0.05) is 30.3 Å². The Morgan fingerprint density at radius 3 is 2.37 bits per heavy atom. The SMILES string of the molecule is Cc1cc(CN2C(=O)c3ccccc3C2=O)cc(C(=O)Nc2cccc(-c3nncn3C)c2)c1O. The molecule has 9 heteroatoms. The highest BCUT2D eigenvalue weighted by Crippen LogP contribution is 2.29. The number of imide groups is 1. The summed E-state index contributed by atoms with van der Waals surface area (Å²) >= 11 is 0. The Kier molecular flexibility index (Phi) is 5.37. The summed E-state index contributed by atoms with van der Waals surface area (Å²) in [4.78, 5) is 39.7. The van der Waals surface area contributed by atoms with E-state index in [1.165, 1.54) is 6.07 Å². The van der Waals surface area contributed by atoms with Gasteiger partial charge in [0.05, 0.1) is 23.2 Å². The van der Waals surface area contributed by atoms with Crippen molar-refractivity contribution in [2.75, 3.05) is 5.32 Å². The van der Waals surface area contributed by atoms with Crippen LogP contribution in [0.1, 0.15) is 42.2 Å². The lowest BCUT2D eigenvalue weighted by Crippen LogP contribution is -2.29. The Morgan fingerprint density at radius 1 is 1.00 bits per heavy atom. The van der Waals surface area contributed by atoms with Gasteiger partial charge in [0.1, 0.15) is 12.1 Å². The highest BCUT2D eigenvalue weighted by Gasteiger charge is 2.35. The highest BCUT2D eigenvalue weighted by molar-refractivity contribution is 6.21. The quantitative estimate of drug-likeness (QED) is 0.434. The van der Waals surface area contributed by atoms with Crippen LogP contribution in [0, 0.1) is 6.92 Å². The van der Waals surface area contributed by atoms with Crippen LogP contribution in [0.3, 0.4) is 0 Å². The topological polar surface area (TPSA) is 117 Å². The number of anilines is 1. The van der Waals surface area contributed by atoms with Crippen LogP contribution in [0.5, 0.6) is 5.75 Å². The van der Waals surface area contributed by atoms with Crippen molar-refractivity contribution in [1.29, 1.82) is 0 Å². The van der Waals surface area contributed by atoms with Gasteiger partial charge in [-0.15, -0.1) is 10.2 Å². The summed E-state index contributed by atoms with van der Waals surface area (Å²) < 4.78 is 1.76. The molecule has 0 radical (unpaired) electrons. The first-order chi connectivity index (χ1) is 16.8. The van der Waals surface area contributed by atoms with Gasteiger partial charge in [0.25, 0.3) is 17.7 Å². The molecule has 0 fully saturated rings. The number of carbonyl (C=O) groups excluding carboxylic acids is 3. The Morgan fingerprint density at radius 2 is 1.71 bits per heavy atom. The molecule has 0 saturated heterocycles. The van der Waals surface area contributed by atoms with E-state index in [4.69, 9.17) is 0 Å². The van der Waals surface area contributed by atoms with Crippen LogP contribution in [-0.4, -0.2) is 42.5 Å². The number of aromatic nitrogens is 3. The van der Waals surface area contributed by atoms with E-state index in [1.807, 2.05) is 13.1 Å². The molecule has 1 aliphatic rings. The molecule has 0 bridgehead atoms. The van der Waals surface area contributed by atoms with Crippen LogP contribution in [0.25, 0.3) is 11.4 Å². The van der Waals surface area contributed by atoms with Crippen molar-refractivity contribution in [1.82, 2.24) is 19.7 Å². The number of hydrogen-bond acceptors (Lipinski definition) is 6. The van der Waals surface area contributed by atoms with Crippen molar-refractivity contribution < 1.29 is 19.5 Å². The Labute approximate surface area is 200 Å². The van der Waals surface area contributed by atoms with E-state index in [0.29, 0.717) is 33.8 Å². The summed E-state index contributed by atoms with van der Waals surface area (Å²) in [6.07, 6.45) is 1.58. The molecule has 2 N–H and O–H groups in total. The number of aryl methyl sites for hydroxylation is 2. The molecule has 174 valence electrons. The van der Waals surface area contributed by atoms with Gasteiger partial charge in [0, 0.05) is 18.3 Å². The fourth-order valence-corrected chi connectivity index (χ4v) is 4.16. The van der Waals surface area contributed by atoms with Gasteiger partial charge in [0.15, 0.2) is 5.82 Å². The number of phenolic OH excluding ortho intramolecular Hbond substituents is 1. The van der Waals surface area contributed by atoms with Crippen LogP contribution >= 0.6 is 0 Å². The molecule has 9 nitrogen and oxygen atoms in total. The first kappa shape index (κ1) is 22.0. The van der Waals surface area contributed by atoms with Gasteiger partial charge in [0.2, 0.25) is 0 Å². The Bertz CT molecular complexity index is 1470. The van der Waals surface area contributed by atoms with E-state index in [1.54, 1.807) is 66.3 Å². The first-order valence-corrected chi connectivity index (χ1v) is 10.9. The standard InChI is InChI=1S/C26H21N5O4/c1-15-10-16(13-31-25(34)19-8-3-4-9-20(19)26(31)35)11-21(22(15)32)24(33)28-18-7-5-6-17(12-18)23-29-27-14-30(23)2/h3-12,14,32H,13H2,1-2H3,(H,28,33). The molecule has 2 heterocycles. The fourth-order valence-electron chi connectivity index (χ4n) is 4.16. The monoisotopic (exact) mass is 467 g/mol. The van der Waals surface area contributed by atoms with Gasteiger partial charge in [-0.2, -0.15) is 0 Å². The minimum Gasteiger partial charge on any atom is -0.507 e.